The molecule has 1 aliphatic heterocycles. The van der Waals surface area contributed by atoms with Crippen molar-refractivity contribution in [3.05, 3.63) is 57.6 Å². The van der Waals surface area contributed by atoms with Crippen LogP contribution in [-0.2, 0) is 9.84 Å². The van der Waals surface area contributed by atoms with Crippen LogP contribution in [-0.4, -0.2) is 38.8 Å². The van der Waals surface area contributed by atoms with Gasteiger partial charge in [-0.1, -0.05) is 6.07 Å². The molecule has 1 fully saturated rings. The zero-order valence-corrected chi connectivity index (χ0v) is 17.0. The molecule has 150 valence electrons. The van der Waals surface area contributed by atoms with E-state index in [1.807, 2.05) is 23.1 Å². The summed E-state index contributed by atoms with van der Waals surface area (Å²) in [5, 5.41) is 11.1. The number of rotatable bonds is 5. The SMILES string of the molecule is Cc1ccc(OC2CCN(c3ccc([N+](=O)[O-])c(S(C)(=O)=O)c3)CC2)cc1C. The molecule has 0 aliphatic carbocycles. The molecule has 0 unspecified atom stereocenters. The summed E-state index contributed by atoms with van der Waals surface area (Å²) in [4.78, 5) is 12.3. The van der Waals surface area contributed by atoms with Gasteiger partial charge in [0.05, 0.1) is 4.92 Å². The summed E-state index contributed by atoms with van der Waals surface area (Å²) in [6, 6.07) is 10.3. The minimum absolute atomic E-state index is 0.0887. The minimum atomic E-state index is -3.69. The summed E-state index contributed by atoms with van der Waals surface area (Å²) in [6.07, 6.45) is 2.66. The highest BCUT2D eigenvalue weighted by molar-refractivity contribution is 7.90. The normalized spacial score (nSPS) is 15.5. The summed E-state index contributed by atoms with van der Waals surface area (Å²) < 4.78 is 30.0. The number of hydrogen-bond acceptors (Lipinski definition) is 6. The van der Waals surface area contributed by atoms with Crippen LogP contribution in [0.2, 0.25) is 0 Å². The third-order valence-electron chi connectivity index (χ3n) is 5.13. The summed E-state index contributed by atoms with van der Waals surface area (Å²) in [7, 11) is -3.69. The Morgan fingerprint density at radius 3 is 2.32 bits per heavy atom. The number of nitrogens with zero attached hydrogens (tertiary/aromatic N) is 2. The number of hydrogen-bond donors (Lipinski definition) is 0. The first-order valence-corrected chi connectivity index (χ1v) is 11.0. The highest BCUT2D eigenvalue weighted by Gasteiger charge is 2.26. The molecule has 0 radical (unpaired) electrons. The second-order valence-corrected chi connectivity index (χ2v) is 9.22. The summed E-state index contributed by atoms with van der Waals surface area (Å²) in [6.45, 7) is 5.50. The number of aryl methyl sites for hydroxylation is 2. The summed E-state index contributed by atoms with van der Waals surface area (Å²) in [5.74, 6) is 0.858. The summed E-state index contributed by atoms with van der Waals surface area (Å²) >= 11 is 0. The lowest BCUT2D eigenvalue weighted by molar-refractivity contribution is -0.387. The maximum absolute atomic E-state index is 12.0. The van der Waals surface area contributed by atoms with Crippen LogP contribution in [0.4, 0.5) is 11.4 Å². The van der Waals surface area contributed by atoms with E-state index in [1.54, 1.807) is 6.07 Å². The number of piperidine rings is 1. The van der Waals surface area contributed by atoms with Crippen molar-refractivity contribution in [3.63, 3.8) is 0 Å². The number of nitro groups is 1. The lowest BCUT2D eigenvalue weighted by Crippen LogP contribution is -2.38. The zero-order valence-electron chi connectivity index (χ0n) is 16.2. The van der Waals surface area contributed by atoms with E-state index in [2.05, 4.69) is 13.8 Å². The molecule has 2 aromatic carbocycles. The van der Waals surface area contributed by atoms with Gasteiger partial charge in [-0.15, -0.1) is 0 Å². The summed E-state index contributed by atoms with van der Waals surface area (Å²) in [5.41, 5.74) is 2.70. The van der Waals surface area contributed by atoms with Gasteiger partial charge in [-0.25, -0.2) is 8.42 Å². The number of ether oxygens (including phenoxy) is 1. The fourth-order valence-electron chi connectivity index (χ4n) is 3.36. The highest BCUT2D eigenvalue weighted by atomic mass is 32.2. The molecule has 3 rings (SSSR count). The van der Waals surface area contributed by atoms with Gasteiger partial charge in [-0.05, 0) is 49.2 Å². The Labute approximate surface area is 165 Å². The molecule has 7 nitrogen and oxygen atoms in total. The van der Waals surface area contributed by atoms with Crippen LogP contribution in [0.15, 0.2) is 41.3 Å². The Morgan fingerprint density at radius 2 is 1.75 bits per heavy atom. The van der Waals surface area contributed by atoms with Gasteiger partial charge in [0.25, 0.3) is 5.69 Å². The van der Waals surface area contributed by atoms with Crippen molar-refractivity contribution in [1.82, 2.24) is 0 Å². The van der Waals surface area contributed by atoms with Gasteiger partial charge in [0.1, 0.15) is 16.7 Å². The van der Waals surface area contributed by atoms with Crippen LogP contribution in [0.1, 0.15) is 24.0 Å². The number of benzene rings is 2. The van der Waals surface area contributed by atoms with E-state index in [-0.39, 0.29) is 16.7 Å². The molecule has 28 heavy (non-hydrogen) atoms. The molecule has 0 N–H and O–H groups in total. The average Bonchev–Trinajstić information content (AvgIpc) is 2.64. The van der Waals surface area contributed by atoms with E-state index < -0.39 is 14.8 Å². The van der Waals surface area contributed by atoms with E-state index in [0.717, 1.165) is 24.8 Å². The standard InChI is InChI=1S/C20H24N2O5S/c1-14-4-6-18(12-15(14)2)27-17-8-10-21(11-9-17)16-5-7-19(22(23)24)20(13-16)28(3,25)26/h4-7,12-13,17H,8-11H2,1-3H3. The predicted octanol–water partition coefficient (Wildman–Crippen LogP) is 3.66. The fraction of sp³-hybridized carbons (Fsp3) is 0.400. The molecule has 1 aliphatic rings. The molecule has 1 heterocycles. The van der Waals surface area contributed by atoms with Crippen LogP contribution in [0.3, 0.4) is 0 Å². The van der Waals surface area contributed by atoms with E-state index in [9.17, 15) is 18.5 Å². The maximum Gasteiger partial charge on any atom is 0.288 e. The van der Waals surface area contributed by atoms with Crippen LogP contribution in [0, 0.1) is 24.0 Å². The first-order chi connectivity index (χ1) is 13.1. The van der Waals surface area contributed by atoms with Gasteiger partial charge in [-0.3, -0.25) is 10.1 Å². The number of sulfone groups is 1. The van der Waals surface area contributed by atoms with Crippen molar-refractivity contribution in [2.45, 2.75) is 37.7 Å². The van der Waals surface area contributed by atoms with Crippen molar-refractivity contribution in [3.8, 4) is 5.75 Å². The third kappa shape index (κ3) is 4.44. The van der Waals surface area contributed by atoms with Crippen molar-refractivity contribution in [2.24, 2.45) is 0 Å². The van der Waals surface area contributed by atoms with Gasteiger partial charge in [0, 0.05) is 43.9 Å². The Kier molecular flexibility index (Phi) is 5.60. The van der Waals surface area contributed by atoms with Gasteiger partial charge in [-0.2, -0.15) is 0 Å². The molecular weight excluding hydrogens is 380 g/mol. The van der Waals surface area contributed by atoms with Crippen molar-refractivity contribution in [2.75, 3.05) is 24.2 Å². The number of nitro benzene ring substituents is 1. The van der Waals surface area contributed by atoms with E-state index >= 15 is 0 Å². The lowest BCUT2D eigenvalue weighted by Gasteiger charge is -2.34. The first kappa shape index (κ1) is 20.1. The van der Waals surface area contributed by atoms with Gasteiger partial charge < -0.3 is 9.64 Å². The highest BCUT2D eigenvalue weighted by Crippen LogP contribution is 2.31. The van der Waals surface area contributed by atoms with E-state index in [0.29, 0.717) is 18.8 Å². The molecule has 0 bridgehead atoms. The maximum atomic E-state index is 12.0. The molecule has 8 heteroatoms. The Bertz CT molecular complexity index is 996. The molecular formula is C20H24N2O5S. The smallest absolute Gasteiger partial charge is 0.288 e. The fourth-order valence-corrected chi connectivity index (χ4v) is 4.22. The Morgan fingerprint density at radius 1 is 1.07 bits per heavy atom. The molecule has 0 amide bonds. The second-order valence-electron chi connectivity index (χ2n) is 7.23. The van der Waals surface area contributed by atoms with Crippen molar-refractivity contribution in [1.29, 1.82) is 0 Å². The van der Waals surface area contributed by atoms with Gasteiger partial charge >= 0.3 is 0 Å². The van der Waals surface area contributed by atoms with E-state index in [4.69, 9.17) is 4.74 Å². The largest absolute Gasteiger partial charge is 0.490 e. The molecule has 0 aromatic heterocycles. The lowest BCUT2D eigenvalue weighted by atomic mass is 10.1. The van der Waals surface area contributed by atoms with Crippen LogP contribution in [0.5, 0.6) is 5.75 Å². The Balaban J connectivity index is 1.71. The van der Waals surface area contributed by atoms with E-state index in [1.165, 1.54) is 23.3 Å². The van der Waals surface area contributed by atoms with Crippen molar-refractivity contribution >= 4 is 21.2 Å². The van der Waals surface area contributed by atoms with Crippen LogP contribution < -0.4 is 9.64 Å². The zero-order chi connectivity index (χ0) is 20.5. The minimum Gasteiger partial charge on any atom is -0.490 e. The van der Waals surface area contributed by atoms with Crippen LogP contribution in [0.25, 0.3) is 0 Å². The predicted molar refractivity (Wildman–Crippen MR) is 108 cm³/mol. The topological polar surface area (TPSA) is 89.8 Å². The monoisotopic (exact) mass is 404 g/mol. The third-order valence-corrected chi connectivity index (χ3v) is 6.25. The number of anilines is 1. The molecule has 0 saturated carbocycles. The molecule has 2 aromatic rings. The van der Waals surface area contributed by atoms with Crippen LogP contribution >= 0.6 is 0 Å². The first-order valence-electron chi connectivity index (χ1n) is 9.12. The van der Waals surface area contributed by atoms with Gasteiger partial charge in [0.15, 0.2) is 9.84 Å². The second kappa shape index (κ2) is 7.79. The van der Waals surface area contributed by atoms with Gasteiger partial charge in [0.2, 0.25) is 0 Å². The Hall–Kier alpha value is -2.61. The molecule has 0 atom stereocenters. The molecule has 1 saturated heterocycles. The molecule has 0 spiro atoms. The van der Waals surface area contributed by atoms with Crippen molar-refractivity contribution < 1.29 is 18.1 Å². The average molecular weight is 404 g/mol. The quantitative estimate of drug-likeness (QED) is 0.558.